The van der Waals surface area contributed by atoms with Gasteiger partial charge in [0.2, 0.25) is 5.91 Å². The zero-order valence-electron chi connectivity index (χ0n) is 16.6. The van der Waals surface area contributed by atoms with Gasteiger partial charge in [-0.25, -0.2) is 0 Å². The molecule has 5 heteroatoms. The van der Waals surface area contributed by atoms with Crippen LogP contribution in [-0.2, 0) is 14.3 Å². The molecule has 0 bridgehead atoms. The van der Waals surface area contributed by atoms with Gasteiger partial charge in [-0.15, -0.1) is 0 Å². The Hall–Kier alpha value is -1.10. The van der Waals surface area contributed by atoms with E-state index in [4.69, 9.17) is 4.74 Å². The van der Waals surface area contributed by atoms with Crippen LogP contribution in [0.4, 0.5) is 0 Å². The molecule has 1 fully saturated rings. The van der Waals surface area contributed by atoms with Crippen LogP contribution < -0.4 is 0 Å². The Labute approximate surface area is 154 Å². The fraction of sp³-hybridized carbons (Fsp3) is 0.900. The highest BCUT2D eigenvalue weighted by atomic mass is 16.5. The van der Waals surface area contributed by atoms with E-state index in [0.717, 1.165) is 44.9 Å². The summed E-state index contributed by atoms with van der Waals surface area (Å²) in [5, 5.41) is 0. The second-order valence-corrected chi connectivity index (χ2v) is 7.13. The van der Waals surface area contributed by atoms with Crippen LogP contribution in [0.15, 0.2) is 0 Å². The number of esters is 1. The minimum atomic E-state index is -0.242. The van der Waals surface area contributed by atoms with Gasteiger partial charge in [0, 0.05) is 19.5 Å². The van der Waals surface area contributed by atoms with Crippen LogP contribution in [0.1, 0.15) is 71.6 Å². The van der Waals surface area contributed by atoms with E-state index < -0.39 is 0 Å². The number of amides is 1. The van der Waals surface area contributed by atoms with Gasteiger partial charge < -0.3 is 14.5 Å². The van der Waals surface area contributed by atoms with Crippen LogP contribution in [-0.4, -0.2) is 61.5 Å². The SMILES string of the molecule is CCN(CC)CCCN(CCC(=O)OC)C(=O)CCC1CCCCC1. The fourth-order valence-electron chi connectivity index (χ4n) is 3.68. The summed E-state index contributed by atoms with van der Waals surface area (Å²) in [5.41, 5.74) is 0. The average molecular weight is 355 g/mol. The summed E-state index contributed by atoms with van der Waals surface area (Å²) in [6.45, 7) is 8.60. The molecule has 5 nitrogen and oxygen atoms in total. The molecule has 25 heavy (non-hydrogen) atoms. The molecule has 146 valence electrons. The molecule has 0 unspecified atom stereocenters. The minimum absolute atomic E-state index is 0.203. The summed E-state index contributed by atoms with van der Waals surface area (Å²) < 4.78 is 4.73. The van der Waals surface area contributed by atoms with Gasteiger partial charge in [0.05, 0.1) is 13.5 Å². The molecule has 1 aliphatic carbocycles. The first-order valence-electron chi connectivity index (χ1n) is 10.2. The molecule has 1 aliphatic rings. The third kappa shape index (κ3) is 9.24. The van der Waals surface area contributed by atoms with Crippen molar-refractivity contribution in [2.24, 2.45) is 5.92 Å². The number of hydrogen-bond donors (Lipinski definition) is 0. The summed E-state index contributed by atoms with van der Waals surface area (Å²) in [4.78, 5) is 28.4. The summed E-state index contributed by atoms with van der Waals surface area (Å²) in [6, 6.07) is 0. The molecule has 0 aromatic heterocycles. The van der Waals surface area contributed by atoms with E-state index in [9.17, 15) is 9.59 Å². The van der Waals surface area contributed by atoms with Gasteiger partial charge in [0.15, 0.2) is 0 Å². The van der Waals surface area contributed by atoms with E-state index in [0.29, 0.717) is 13.0 Å². The number of hydrogen-bond acceptors (Lipinski definition) is 4. The summed E-state index contributed by atoms with van der Waals surface area (Å²) >= 11 is 0. The van der Waals surface area contributed by atoms with Crippen molar-refractivity contribution in [3.63, 3.8) is 0 Å². The van der Waals surface area contributed by atoms with Crippen LogP contribution in [0.3, 0.4) is 0 Å². The third-order valence-electron chi connectivity index (χ3n) is 5.45. The zero-order chi connectivity index (χ0) is 18.5. The summed E-state index contributed by atoms with van der Waals surface area (Å²) in [6.07, 6.45) is 9.40. The second-order valence-electron chi connectivity index (χ2n) is 7.13. The Bertz CT molecular complexity index is 377. The number of methoxy groups -OCH3 is 1. The van der Waals surface area contributed by atoms with E-state index in [2.05, 4.69) is 18.7 Å². The number of rotatable bonds is 12. The van der Waals surface area contributed by atoms with Crippen LogP contribution in [0, 0.1) is 5.92 Å². The largest absolute Gasteiger partial charge is 0.469 e. The molecule has 1 rings (SSSR count). The maximum Gasteiger partial charge on any atom is 0.307 e. The predicted molar refractivity (Wildman–Crippen MR) is 101 cm³/mol. The molecule has 0 saturated heterocycles. The monoisotopic (exact) mass is 354 g/mol. The molecule has 1 saturated carbocycles. The number of carbonyl (C=O) groups excluding carboxylic acids is 2. The van der Waals surface area contributed by atoms with E-state index in [1.165, 1.54) is 39.2 Å². The average Bonchev–Trinajstić information content (AvgIpc) is 2.66. The van der Waals surface area contributed by atoms with Gasteiger partial charge >= 0.3 is 5.97 Å². The highest BCUT2D eigenvalue weighted by molar-refractivity contribution is 5.77. The van der Waals surface area contributed by atoms with Crippen molar-refractivity contribution in [1.29, 1.82) is 0 Å². The van der Waals surface area contributed by atoms with Crippen molar-refractivity contribution >= 4 is 11.9 Å². The first-order chi connectivity index (χ1) is 12.1. The van der Waals surface area contributed by atoms with Gasteiger partial charge in [-0.3, -0.25) is 9.59 Å². The quantitative estimate of drug-likeness (QED) is 0.504. The number of ether oxygens (including phenoxy) is 1. The number of carbonyl (C=O) groups is 2. The van der Waals surface area contributed by atoms with Gasteiger partial charge in [0.25, 0.3) is 0 Å². The topological polar surface area (TPSA) is 49.9 Å². The third-order valence-corrected chi connectivity index (χ3v) is 5.45. The van der Waals surface area contributed by atoms with Crippen molar-refractivity contribution in [3.05, 3.63) is 0 Å². The van der Waals surface area contributed by atoms with Gasteiger partial charge in [-0.05, 0) is 38.4 Å². The molecule has 0 aromatic carbocycles. The van der Waals surface area contributed by atoms with Crippen LogP contribution in [0.2, 0.25) is 0 Å². The lowest BCUT2D eigenvalue weighted by atomic mass is 9.86. The Balaban J connectivity index is 2.43. The molecule has 0 atom stereocenters. The first kappa shape index (κ1) is 21.9. The summed E-state index contributed by atoms with van der Waals surface area (Å²) in [5.74, 6) is 0.679. The lowest BCUT2D eigenvalue weighted by molar-refractivity contribution is -0.141. The molecule has 0 radical (unpaired) electrons. The Morgan fingerprint density at radius 3 is 2.24 bits per heavy atom. The second kappa shape index (κ2) is 13.2. The maximum absolute atomic E-state index is 12.7. The summed E-state index contributed by atoms with van der Waals surface area (Å²) in [7, 11) is 1.40. The van der Waals surface area contributed by atoms with E-state index in [1.54, 1.807) is 0 Å². The molecular weight excluding hydrogens is 316 g/mol. The van der Waals surface area contributed by atoms with Gasteiger partial charge in [0.1, 0.15) is 0 Å². The molecular formula is C20H38N2O3. The normalized spacial score (nSPS) is 15.4. The Morgan fingerprint density at radius 1 is 0.960 bits per heavy atom. The fourth-order valence-corrected chi connectivity index (χ4v) is 3.68. The lowest BCUT2D eigenvalue weighted by Crippen LogP contribution is -2.36. The van der Waals surface area contributed by atoms with Gasteiger partial charge in [-0.2, -0.15) is 0 Å². The standard InChI is InChI=1S/C20H38N2O3/c1-4-21(5-2)15-9-16-22(17-14-20(24)25-3)19(23)13-12-18-10-7-6-8-11-18/h18H,4-17H2,1-3H3. The number of nitrogens with zero attached hydrogens (tertiary/aromatic N) is 2. The Kier molecular flexibility index (Phi) is 11.5. The van der Waals surface area contributed by atoms with Crippen molar-refractivity contribution in [3.8, 4) is 0 Å². The minimum Gasteiger partial charge on any atom is -0.469 e. The van der Waals surface area contributed by atoms with Crippen molar-refractivity contribution in [1.82, 2.24) is 9.80 Å². The first-order valence-corrected chi connectivity index (χ1v) is 10.2. The van der Waals surface area contributed by atoms with E-state index >= 15 is 0 Å². The zero-order valence-corrected chi connectivity index (χ0v) is 16.6. The maximum atomic E-state index is 12.7. The molecule has 0 N–H and O–H groups in total. The predicted octanol–water partition coefficient (Wildman–Crippen LogP) is 3.47. The highest BCUT2D eigenvalue weighted by Crippen LogP contribution is 2.27. The molecule has 0 spiro atoms. The smallest absolute Gasteiger partial charge is 0.307 e. The van der Waals surface area contributed by atoms with Crippen LogP contribution in [0.5, 0.6) is 0 Å². The lowest BCUT2D eigenvalue weighted by Gasteiger charge is -2.26. The molecule has 0 heterocycles. The Morgan fingerprint density at radius 2 is 1.64 bits per heavy atom. The van der Waals surface area contributed by atoms with Crippen molar-refractivity contribution in [2.45, 2.75) is 71.6 Å². The molecule has 0 aromatic rings. The van der Waals surface area contributed by atoms with E-state index in [-0.39, 0.29) is 18.3 Å². The van der Waals surface area contributed by atoms with Gasteiger partial charge in [-0.1, -0.05) is 46.0 Å². The highest BCUT2D eigenvalue weighted by Gasteiger charge is 2.19. The van der Waals surface area contributed by atoms with Crippen LogP contribution >= 0.6 is 0 Å². The molecule has 0 aliphatic heterocycles. The van der Waals surface area contributed by atoms with Crippen LogP contribution in [0.25, 0.3) is 0 Å². The molecule has 1 amide bonds. The van der Waals surface area contributed by atoms with Crippen molar-refractivity contribution in [2.75, 3.05) is 39.8 Å². The van der Waals surface area contributed by atoms with E-state index in [1.807, 2.05) is 4.90 Å². The van der Waals surface area contributed by atoms with Crippen molar-refractivity contribution < 1.29 is 14.3 Å².